The molecule has 14 heavy (non-hydrogen) atoms. The summed E-state index contributed by atoms with van der Waals surface area (Å²) in [5.41, 5.74) is 9.37. The first-order valence-corrected chi connectivity index (χ1v) is 5.38. The van der Waals surface area contributed by atoms with Crippen molar-refractivity contribution < 1.29 is 0 Å². The van der Waals surface area contributed by atoms with Gasteiger partial charge in [-0.3, -0.25) is 0 Å². The van der Waals surface area contributed by atoms with Gasteiger partial charge in [0.05, 0.1) is 0 Å². The van der Waals surface area contributed by atoms with Crippen molar-refractivity contribution in [1.29, 1.82) is 0 Å². The molecule has 0 aliphatic carbocycles. The van der Waals surface area contributed by atoms with E-state index in [9.17, 15) is 0 Å². The van der Waals surface area contributed by atoms with E-state index in [4.69, 9.17) is 5.73 Å². The monoisotopic (exact) mass is 206 g/mol. The first-order valence-electron chi connectivity index (χ1n) is 4.74. The maximum Gasteiger partial charge on any atom is 0.0485 e. The molecule has 74 valence electrons. The van der Waals surface area contributed by atoms with Crippen LogP contribution in [0.2, 0.25) is 0 Å². The van der Waals surface area contributed by atoms with E-state index >= 15 is 0 Å². The Kier molecular flexibility index (Phi) is 2.79. The van der Waals surface area contributed by atoms with Crippen LogP contribution < -0.4 is 5.73 Å². The molecular formula is C11H14N2S. The molecule has 0 spiro atoms. The van der Waals surface area contributed by atoms with E-state index < -0.39 is 0 Å². The normalized spacial score (nSPS) is 11.0. The predicted molar refractivity (Wildman–Crippen MR) is 62.8 cm³/mol. The van der Waals surface area contributed by atoms with Crippen molar-refractivity contribution in [2.45, 2.75) is 12.2 Å². The second-order valence-corrected chi connectivity index (χ2v) is 3.68. The van der Waals surface area contributed by atoms with E-state index in [1.165, 1.54) is 16.6 Å². The summed E-state index contributed by atoms with van der Waals surface area (Å²) in [4.78, 5) is 0. The van der Waals surface area contributed by atoms with Crippen LogP contribution in [0, 0.1) is 0 Å². The summed E-state index contributed by atoms with van der Waals surface area (Å²) in [6.07, 6.45) is 5.08. The Labute approximate surface area is 89.1 Å². The molecule has 2 aromatic rings. The van der Waals surface area contributed by atoms with Crippen LogP contribution in [-0.4, -0.2) is 10.9 Å². The molecular weight excluding hydrogens is 192 g/mol. The van der Waals surface area contributed by atoms with Gasteiger partial charge in [0.15, 0.2) is 0 Å². The lowest BCUT2D eigenvalue weighted by molar-refractivity contribution is 0.977. The molecule has 2 nitrogen and oxygen atoms in total. The topological polar surface area (TPSA) is 30.4 Å². The zero-order valence-corrected chi connectivity index (χ0v) is 8.87. The standard InChI is InChI=1S/C11H14N2S/c12-4-1-10-3-6-13-5-2-9(8-14)7-11(10)13/h2-3,5-7,14H,1,4,8,12H2. The lowest BCUT2D eigenvalue weighted by atomic mass is 10.1. The molecule has 2 heterocycles. The van der Waals surface area contributed by atoms with E-state index in [0.717, 1.165) is 12.2 Å². The van der Waals surface area contributed by atoms with Crippen molar-refractivity contribution in [2.24, 2.45) is 5.73 Å². The first-order chi connectivity index (χ1) is 6.85. The van der Waals surface area contributed by atoms with Crippen LogP contribution in [0.25, 0.3) is 5.52 Å². The number of fused-ring (bicyclic) bond motifs is 1. The predicted octanol–water partition coefficient (Wildman–Crippen LogP) is 1.87. The SMILES string of the molecule is NCCc1ccn2ccc(CS)cc12. The smallest absolute Gasteiger partial charge is 0.0485 e. The number of thiol groups is 1. The van der Waals surface area contributed by atoms with E-state index in [-0.39, 0.29) is 0 Å². The highest BCUT2D eigenvalue weighted by atomic mass is 32.1. The van der Waals surface area contributed by atoms with Crippen molar-refractivity contribution >= 4 is 18.1 Å². The molecule has 2 aromatic heterocycles. The molecule has 0 unspecified atom stereocenters. The van der Waals surface area contributed by atoms with Crippen molar-refractivity contribution in [3.05, 3.63) is 41.7 Å². The van der Waals surface area contributed by atoms with E-state index in [2.05, 4.69) is 47.6 Å². The second-order valence-electron chi connectivity index (χ2n) is 3.37. The average molecular weight is 206 g/mol. The lowest BCUT2D eigenvalue weighted by Gasteiger charge is -2.01. The van der Waals surface area contributed by atoms with Gasteiger partial charge in [-0.15, -0.1) is 0 Å². The molecule has 0 atom stereocenters. The highest BCUT2D eigenvalue weighted by Crippen LogP contribution is 2.15. The molecule has 0 radical (unpaired) electrons. The molecule has 0 aromatic carbocycles. The fraction of sp³-hybridized carbons (Fsp3) is 0.273. The Morgan fingerprint density at radius 1 is 1.29 bits per heavy atom. The van der Waals surface area contributed by atoms with Crippen LogP contribution in [0.4, 0.5) is 0 Å². The number of nitrogens with zero attached hydrogens (tertiary/aromatic N) is 1. The number of pyridine rings is 1. The van der Waals surface area contributed by atoms with Gasteiger partial charge in [0.2, 0.25) is 0 Å². The zero-order chi connectivity index (χ0) is 9.97. The Morgan fingerprint density at radius 2 is 2.07 bits per heavy atom. The van der Waals surface area contributed by atoms with E-state index in [1.54, 1.807) is 0 Å². The minimum Gasteiger partial charge on any atom is -0.330 e. The van der Waals surface area contributed by atoms with Crippen LogP contribution in [0.5, 0.6) is 0 Å². The van der Waals surface area contributed by atoms with E-state index in [1.807, 2.05) is 0 Å². The summed E-state index contributed by atoms with van der Waals surface area (Å²) in [5.74, 6) is 0.781. The van der Waals surface area contributed by atoms with Gasteiger partial charge in [-0.05, 0) is 42.3 Å². The van der Waals surface area contributed by atoms with Gasteiger partial charge in [0.1, 0.15) is 0 Å². The second kappa shape index (κ2) is 4.07. The Morgan fingerprint density at radius 3 is 2.79 bits per heavy atom. The molecule has 0 amide bonds. The van der Waals surface area contributed by atoms with E-state index in [0.29, 0.717) is 6.54 Å². The summed E-state index contributed by atoms with van der Waals surface area (Å²) in [5, 5.41) is 0. The Hall–Kier alpha value is -0.930. The summed E-state index contributed by atoms with van der Waals surface area (Å²) < 4.78 is 2.12. The summed E-state index contributed by atoms with van der Waals surface area (Å²) in [7, 11) is 0. The highest BCUT2D eigenvalue weighted by molar-refractivity contribution is 7.79. The maximum atomic E-state index is 5.56. The van der Waals surface area contributed by atoms with Crippen LogP contribution in [-0.2, 0) is 12.2 Å². The minimum atomic E-state index is 0.699. The molecule has 2 N–H and O–H groups in total. The van der Waals surface area contributed by atoms with Crippen molar-refractivity contribution in [3.8, 4) is 0 Å². The number of nitrogens with two attached hydrogens (primary N) is 1. The molecule has 0 bridgehead atoms. The van der Waals surface area contributed by atoms with Gasteiger partial charge in [0.25, 0.3) is 0 Å². The van der Waals surface area contributed by atoms with Gasteiger partial charge in [-0.25, -0.2) is 0 Å². The molecule has 0 saturated carbocycles. The molecule has 3 heteroatoms. The number of hydrogen-bond acceptors (Lipinski definition) is 2. The van der Waals surface area contributed by atoms with Crippen LogP contribution >= 0.6 is 12.6 Å². The van der Waals surface area contributed by atoms with Crippen molar-refractivity contribution in [3.63, 3.8) is 0 Å². The van der Waals surface area contributed by atoms with Gasteiger partial charge in [-0.1, -0.05) is 0 Å². The van der Waals surface area contributed by atoms with Crippen molar-refractivity contribution in [2.75, 3.05) is 6.54 Å². The third kappa shape index (κ3) is 1.65. The summed E-state index contributed by atoms with van der Waals surface area (Å²) >= 11 is 4.27. The third-order valence-corrected chi connectivity index (χ3v) is 2.78. The number of rotatable bonds is 3. The van der Waals surface area contributed by atoms with Gasteiger partial charge >= 0.3 is 0 Å². The van der Waals surface area contributed by atoms with Crippen molar-refractivity contribution in [1.82, 2.24) is 4.40 Å². The summed E-state index contributed by atoms with van der Waals surface area (Å²) in [6, 6.07) is 6.40. The maximum absolute atomic E-state index is 5.56. The van der Waals surface area contributed by atoms with Gasteiger partial charge < -0.3 is 10.1 Å². The quantitative estimate of drug-likeness (QED) is 0.738. The van der Waals surface area contributed by atoms with Crippen LogP contribution in [0.15, 0.2) is 30.6 Å². The number of aromatic nitrogens is 1. The molecule has 0 saturated heterocycles. The third-order valence-electron chi connectivity index (χ3n) is 2.41. The van der Waals surface area contributed by atoms with Gasteiger partial charge in [-0.2, -0.15) is 12.6 Å². The number of hydrogen-bond donors (Lipinski definition) is 2. The van der Waals surface area contributed by atoms with Crippen LogP contribution in [0.1, 0.15) is 11.1 Å². The summed E-state index contributed by atoms with van der Waals surface area (Å²) in [6.45, 7) is 0.699. The molecule has 0 aliphatic rings. The molecule has 0 aliphatic heterocycles. The van der Waals surface area contributed by atoms with Crippen LogP contribution in [0.3, 0.4) is 0 Å². The fourth-order valence-corrected chi connectivity index (χ4v) is 1.86. The molecule has 0 fully saturated rings. The Bertz CT molecular complexity index is 434. The van der Waals surface area contributed by atoms with Gasteiger partial charge in [0, 0.05) is 23.7 Å². The fourth-order valence-electron chi connectivity index (χ4n) is 1.66. The lowest BCUT2D eigenvalue weighted by Crippen LogP contribution is -2.02. The minimum absolute atomic E-state index is 0.699. The highest BCUT2D eigenvalue weighted by Gasteiger charge is 2.01. The first kappa shape index (κ1) is 9.62. The average Bonchev–Trinajstić information content (AvgIpc) is 2.61. The Balaban J connectivity index is 2.52. The molecule has 2 rings (SSSR count). The zero-order valence-electron chi connectivity index (χ0n) is 7.98. The largest absolute Gasteiger partial charge is 0.330 e.